The van der Waals surface area contributed by atoms with Gasteiger partial charge in [0.05, 0.1) is 6.54 Å². The maximum atomic E-state index is 4.44. The molecule has 0 amide bonds. The molecule has 0 saturated carbocycles. The van der Waals surface area contributed by atoms with Crippen molar-refractivity contribution in [2.24, 2.45) is 4.99 Å². The summed E-state index contributed by atoms with van der Waals surface area (Å²) in [4.78, 5) is 5.76. The number of allylic oxidation sites excluding steroid dienone is 1. The van der Waals surface area contributed by atoms with Crippen molar-refractivity contribution < 1.29 is 0 Å². The van der Waals surface area contributed by atoms with Gasteiger partial charge in [0.1, 0.15) is 5.84 Å². The summed E-state index contributed by atoms with van der Waals surface area (Å²) >= 11 is 1.90. The van der Waals surface area contributed by atoms with Crippen LogP contribution in [0, 0.1) is 0 Å². The minimum atomic E-state index is 0.952. The van der Waals surface area contributed by atoms with E-state index in [-0.39, 0.29) is 0 Å². The van der Waals surface area contributed by atoms with Crippen molar-refractivity contribution in [3.8, 4) is 0 Å². The summed E-state index contributed by atoms with van der Waals surface area (Å²) in [6.07, 6.45) is 3.33. The van der Waals surface area contributed by atoms with Gasteiger partial charge < -0.3 is 5.32 Å². The molecule has 2 nitrogen and oxygen atoms in total. The molecule has 0 aromatic carbocycles. The van der Waals surface area contributed by atoms with Crippen LogP contribution in [-0.4, -0.2) is 24.7 Å². The fraction of sp³-hybridized carbons (Fsp3) is 0.667. The van der Waals surface area contributed by atoms with Gasteiger partial charge in [0.15, 0.2) is 0 Å². The minimum absolute atomic E-state index is 0.952. The Morgan fingerprint density at radius 1 is 1.58 bits per heavy atom. The average molecular weight is 184 g/mol. The predicted octanol–water partition coefficient (Wildman–Crippen LogP) is 2.04. The Morgan fingerprint density at radius 2 is 2.42 bits per heavy atom. The molecule has 1 heterocycles. The van der Waals surface area contributed by atoms with Gasteiger partial charge in [-0.05, 0) is 13.3 Å². The third kappa shape index (κ3) is 2.55. The molecule has 1 aliphatic rings. The van der Waals surface area contributed by atoms with Crippen molar-refractivity contribution in [1.82, 2.24) is 5.32 Å². The average Bonchev–Trinajstić information content (AvgIpc) is 2.09. The number of rotatable bonds is 2. The number of hydrogen-bond donors (Lipinski definition) is 1. The molecule has 0 radical (unpaired) electrons. The monoisotopic (exact) mass is 184 g/mol. The predicted molar refractivity (Wildman–Crippen MR) is 56.8 cm³/mol. The van der Waals surface area contributed by atoms with Crippen LogP contribution in [0.1, 0.15) is 20.3 Å². The standard InChI is InChI=1S/C9H16N2S/c1-3-5-8-9(10-4-2)11-6-7-12-8/h5H,3-4,6-7H2,1-2H3,(H,10,11)/b8-5+. The van der Waals surface area contributed by atoms with Crippen LogP contribution in [0.3, 0.4) is 0 Å². The lowest BCUT2D eigenvalue weighted by atomic mass is 10.4. The van der Waals surface area contributed by atoms with Crippen LogP contribution in [0.25, 0.3) is 0 Å². The second kappa shape index (κ2) is 5.25. The van der Waals surface area contributed by atoms with Crippen LogP contribution in [-0.2, 0) is 0 Å². The third-order valence-corrected chi connectivity index (χ3v) is 2.64. The molecule has 0 unspecified atom stereocenters. The first-order valence-corrected chi connectivity index (χ1v) is 5.48. The Balaban J connectivity index is 2.64. The number of hydrogen-bond acceptors (Lipinski definition) is 3. The van der Waals surface area contributed by atoms with Crippen molar-refractivity contribution in [3.05, 3.63) is 11.0 Å². The van der Waals surface area contributed by atoms with Gasteiger partial charge in [-0.2, -0.15) is 0 Å². The highest BCUT2D eigenvalue weighted by atomic mass is 32.2. The van der Waals surface area contributed by atoms with E-state index in [1.807, 2.05) is 11.8 Å². The number of likely N-dealkylation sites (N-methyl/N-ethyl adjacent to an activating group) is 1. The van der Waals surface area contributed by atoms with E-state index in [1.54, 1.807) is 0 Å². The lowest BCUT2D eigenvalue weighted by Crippen LogP contribution is -2.26. The molecule has 0 fully saturated rings. The highest BCUT2D eigenvalue weighted by molar-refractivity contribution is 8.04. The molecule has 68 valence electrons. The van der Waals surface area contributed by atoms with Gasteiger partial charge in [0.25, 0.3) is 0 Å². The summed E-state index contributed by atoms with van der Waals surface area (Å²) < 4.78 is 0. The van der Waals surface area contributed by atoms with Gasteiger partial charge in [-0.15, -0.1) is 11.8 Å². The Labute approximate surface area is 78.5 Å². The van der Waals surface area contributed by atoms with Crippen LogP contribution in [0.2, 0.25) is 0 Å². The molecule has 3 heteroatoms. The normalized spacial score (nSPS) is 20.8. The van der Waals surface area contributed by atoms with Crippen LogP contribution in [0.5, 0.6) is 0 Å². The zero-order chi connectivity index (χ0) is 8.81. The van der Waals surface area contributed by atoms with Crippen LogP contribution >= 0.6 is 11.8 Å². The summed E-state index contributed by atoms with van der Waals surface area (Å²) in [5.41, 5.74) is 0. The number of nitrogens with zero attached hydrogens (tertiary/aromatic N) is 1. The Morgan fingerprint density at radius 3 is 3.08 bits per heavy atom. The van der Waals surface area contributed by atoms with E-state index >= 15 is 0 Å². The van der Waals surface area contributed by atoms with Gasteiger partial charge >= 0.3 is 0 Å². The fourth-order valence-electron chi connectivity index (χ4n) is 1.11. The molecular weight excluding hydrogens is 168 g/mol. The van der Waals surface area contributed by atoms with Gasteiger partial charge in [-0.25, -0.2) is 0 Å². The second-order valence-electron chi connectivity index (χ2n) is 2.59. The summed E-state index contributed by atoms with van der Waals surface area (Å²) in [5, 5.41) is 3.28. The van der Waals surface area contributed by atoms with Gasteiger partial charge in [-0.1, -0.05) is 13.0 Å². The SMILES string of the molecule is CC/C=C1/SCCN=C1NCC. The maximum Gasteiger partial charge on any atom is 0.134 e. The molecule has 0 aliphatic carbocycles. The molecule has 0 aromatic heterocycles. The Hall–Kier alpha value is -0.440. The van der Waals surface area contributed by atoms with Crippen molar-refractivity contribution in [2.75, 3.05) is 18.8 Å². The zero-order valence-electron chi connectivity index (χ0n) is 7.76. The Bertz CT molecular complexity index is 197. The van der Waals surface area contributed by atoms with E-state index in [1.165, 1.54) is 4.91 Å². The van der Waals surface area contributed by atoms with Crippen LogP contribution in [0.4, 0.5) is 0 Å². The van der Waals surface area contributed by atoms with E-state index in [4.69, 9.17) is 0 Å². The molecule has 1 rings (SSSR count). The smallest absolute Gasteiger partial charge is 0.134 e. The Kier molecular flexibility index (Phi) is 4.22. The largest absolute Gasteiger partial charge is 0.370 e. The van der Waals surface area contributed by atoms with Gasteiger partial charge in [0, 0.05) is 17.2 Å². The second-order valence-corrected chi connectivity index (χ2v) is 3.72. The van der Waals surface area contributed by atoms with Crippen LogP contribution < -0.4 is 5.32 Å². The molecule has 0 bridgehead atoms. The van der Waals surface area contributed by atoms with Crippen molar-refractivity contribution >= 4 is 17.6 Å². The number of amidine groups is 1. The molecule has 1 N–H and O–H groups in total. The van der Waals surface area contributed by atoms with E-state index in [9.17, 15) is 0 Å². The quantitative estimate of drug-likeness (QED) is 0.710. The van der Waals surface area contributed by atoms with Gasteiger partial charge in [-0.3, -0.25) is 4.99 Å². The van der Waals surface area contributed by atoms with Crippen molar-refractivity contribution in [1.29, 1.82) is 0 Å². The first-order valence-electron chi connectivity index (χ1n) is 4.50. The van der Waals surface area contributed by atoms with Crippen molar-refractivity contribution in [2.45, 2.75) is 20.3 Å². The molecule has 0 saturated heterocycles. The first kappa shape index (κ1) is 9.65. The maximum absolute atomic E-state index is 4.44. The summed E-state index contributed by atoms with van der Waals surface area (Å²) in [7, 11) is 0. The molecular formula is C9H16N2S. The van der Waals surface area contributed by atoms with E-state index in [2.05, 4.69) is 30.2 Å². The molecule has 1 aliphatic heterocycles. The van der Waals surface area contributed by atoms with Crippen LogP contribution in [0.15, 0.2) is 16.0 Å². The lowest BCUT2D eigenvalue weighted by molar-refractivity contribution is 0.947. The highest BCUT2D eigenvalue weighted by Crippen LogP contribution is 2.20. The highest BCUT2D eigenvalue weighted by Gasteiger charge is 2.09. The number of nitrogens with one attached hydrogen (secondary N) is 1. The third-order valence-electron chi connectivity index (χ3n) is 1.59. The first-order chi connectivity index (χ1) is 5.88. The van der Waals surface area contributed by atoms with E-state index in [0.29, 0.717) is 0 Å². The molecule has 12 heavy (non-hydrogen) atoms. The zero-order valence-corrected chi connectivity index (χ0v) is 8.58. The summed E-state index contributed by atoms with van der Waals surface area (Å²) in [6.45, 7) is 6.17. The molecule has 0 spiro atoms. The van der Waals surface area contributed by atoms with Gasteiger partial charge in [0.2, 0.25) is 0 Å². The summed E-state index contributed by atoms with van der Waals surface area (Å²) in [6, 6.07) is 0. The summed E-state index contributed by atoms with van der Waals surface area (Å²) in [5.74, 6) is 2.22. The fourth-order valence-corrected chi connectivity index (χ4v) is 2.07. The molecule has 0 aromatic rings. The topological polar surface area (TPSA) is 24.4 Å². The van der Waals surface area contributed by atoms with Crippen molar-refractivity contribution in [3.63, 3.8) is 0 Å². The van der Waals surface area contributed by atoms with E-state index in [0.717, 1.165) is 31.1 Å². The number of thioether (sulfide) groups is 1. The number of aliphatic imine (C=N–C) groups is 1. The molecule has 0 atom stereocenters. The van der Waals surface area contributed by atoms with E-state index < -0.39 is 0 Å². The minimum Gasteiger partial charge on any atom is -0.370 e. The lowest BCUT2D eigenvalue weighted by Gasteiger charge is -2.15.